The smallest absolute Gasteiger partial charge is 0.127 e. The summed E-state index contributed by atoms with van der Waals surface area (Å²) in [4.78, 5) is 0. The van der Waals surface area contributed by atoms with Gasteiger partial charge in [0.25, 0.3) is 0 Å². The first-order valence-corrected chi connectivity index (χ1v) is 4.39. The topological polar surface area (TPSA) is 0 Å². The maximum atomic E-state index is 13.1. The van der Waals surface area contributed by atoms with Crippen molar-refractivity contribution in [1.29, 1.82) is 0 Å². The molecule has 0 saturated heterocycles. The number of rotatable bonds is 1. The molecule has 11 heavy (non-hydrogen) atoms. The Labute approximate surface area is 74.6 Å². The Morgan fingerprint density at radius 2 is 2.09 bits per heavy atom. The average Bonchev–Trinajstić information content (AvgIpc) is 1.85. The first kappa shape index (κ1) is 8.72. The predicted octanol–water partition coefficient (Wildman–Crippen LogP) is 3.46. The van der Waals surface area contributed by atoms with Gasteiger partial charge in [0.2, 0.25) is 0 Å². The van der Waals surface area contributed by atoms with Crippen LogP contribution in [0.15, 0.2) is 16.6 Å². The maximum absolute atomic E-state index is 13.1. The van der Waals surface area contributed by atoms with Crippen LogP contribution in [-0.2, 0) is 6.42 Å². The van der Waals surface area contributed by atoms with Crippen LogP contribution in [0.5, 0.6) is 0 Å². The molecular formula is C9H10BrF. The molecule has 1 rings (SSSR count). The molecule has 0 saturated carbocycles. The fraction of sp³-hybridized carbons (Fsp3) is 0.333. The minimum Gasteiger partial charge on any atom is -0.207 e. The molecule has 1 aromatic carbocycles. The maximum Gasteiger partial charge on any atom is 0.127 e. The van der Waals surface area contributed by atoms with E-state index in [0.717, 1.165) is 22.0 Å². The molecule has 0 bridgehead atoms. The van der Waals surface area contributed by atoms with E-state index in [1.54, 1.807) is 6.07 Å². The van der Waals surface area contributed by atoms with E-state index in [4.69, 9.17) is 0 Å². The van der Waals surface area contributed by atoms with E-state index in [1.165, 1.54) is 0 Å². The van der Waals surface area contributed by atoms with Gasteiger partial charge >= 0.3 is 0 Å². The van der Waals surface area contributed by atoms with Crippen LogP contribution in [0.4, 0.5) is 4.39 Å². The van der Waals surface area contributed by atoms with Crippen molar-refractivity contribution in [3.63, 3.8) is 0 Å². The van der Waals surface area contributed by atoms with Crippen molar-refractivity contribution in [2.24, 2.45) is 0 Å². The largest absolute Gasteiger partial charge is 0.207 e. The Morgan fingerprint density at radius 3 is 2.55 bits per heavy atom. The summed E-state index contributed by atoms with van der Waals surface area (Å²) in [6.07, 6.45) is 0.729. The zero-order valence-electron chi connectivity index (χ0n) is 6.62. The first-order chi connectivity index (χ1) is 5.15. The van der Waals surface area contributed by atoms with Gasteiger partial charge in [-0.25, -0.2) is 4.39 Å². The van der Waals surface area contributed by atoms with E-state index in [0.29, 0.717) is 0 Å². The van der Waals surface area contributed by atoms with Crippen molar-refractivity contribution in [3.8, 4) is 0 Å². The Hall–Kier alpha value is -0.370. The van der Waals surface area contributed by atoms with Crippen molar-refractivity contribution >= 4 is 15.9 Å². The van der Waals surface area contributed by atoms with E-state index in [1.807, 2.05) is 19.9 Å². The molecule has 0 atom stereocenters. The summed E-state index contributed by atoms with van der Waals surface area (Å²) >= 11 is 3.32. The van der Waals surface area contributed by atoms with Crippen LogP contribution in [0.2, 0.25) is 0 Å². The summed E-state index contributed by atoms with van der Waals surface area (Å²) in [5.74, 6) is -0.112. The van der Waals surface area contributed by atoms with Crippen LogP contribution in [0.3, 0.4) is 0 Å². The third-order valence-corrected chi connectivity index (χ3v) is 2.35. The minimum atomic E-state index is -0.112. The lowest BCUT2D eigenvalue weighted by Gasteiger charge is -2.03. The summed E-state index contributed by atoms with van der Waals surface area (Å²) < 4.78 is 14.0. The van der Waals surface area contributed by atoms with Crippen molar-refractivity contribution in [2.45, 2.75) is 20.3 Å². The lowest BCUT2D eigenvalue weighted by atomic mass is 10.1. The normalized spacial score (nSPS) is 10.2. The first-order valence-electron chi connectivity index (χ1n) is 3.59. The van der Waals surface area contributed by atoms with E-state index >= 15 is 0 Å². The fourth-order valence-electron chi connectivity index (χ4n) is 1.07. The van der Waals surface area contributed by atoms with E-state index in [9.17, 15) is 4.39 Å². The van der Waals surface area contributed by atoms with Gasteiger partial charge in [-0.2, -0.15) is 0 Å². The highest BCUT2D eigenvalue weighted by Crippen LogP contribution is 2.21. The van der Waals surface area contributed by atoms with Gasteiger partial charge in [-0.05, 0) is 31.0 Å². The third kappa shape index (κ3) is 1.80. The van der Waals surface area contributed by atoms with Crippen LogP contribution >= 0.6 is 15.9 Å². The van der Waals surface area contributed by atoms with Crippen molar-refractivity contribution < 1.29 is 4.39 Å². The standard InChI is InChI=1S/C9H10BrF/c1-3-7-8(10)4-6(2)5-9(7)11/h4-5H,3H2,1-2H3. The molecular weight excluding hydrogens is 207 g/mol. The molecule has 0 aromatic heterocycles. The van der Waals surface area contributed by atoms with Crippen LogP contribution in [0.25, 0.3) is 0 Å². The van der Waals surface area contributed by atoms with Crippen LogP contribution < -0.4 is 0 Å². The van der Waals surface area contributed by atoms with Crippen LogP contribution in [-0.4, -0.2) is 0 Å². The van der Waals surface area contributed by atoms with Gasteiger partial charge in [0.15, 0.2) is 0 Å². The second kappa shape index (κ2) is 3.35. The summed E-state index contributed by atoms with van der Waals surface area (Å²) in [5.41, 5.74) is 1.71. The minimum absolute atomic E-state index is 0.112. The number of aryl methyl sites for hydroxylation is 1. The molecule has 0 N–H and O–H groups in total. The lowest BCUT2D eigenvalue weighted by molar-refractivity contribution is 0.609. The van der Waals surface area contributed by atoms with E-state index < -0.39 is 0 Å². The predicted molar refractivity (Wildman–Crippen MR) is 48.2 cm³/mol. The molecule has 0 aliphatic rings. The van der Waals surface area contributed by atoms with Crippen molar-refractivity contribution in [3.05, 3.63) is 33.5 Å². The lowest BCUT2D eigenvalue weighted by Crippen LogP contribution is -1.90. The third-order valence-electron chi connectivity index (χ3n) is 1.64. The molecule has 0 aliphatic heterocycles. The molecule has 0 spiro atoms. The monoisotopic (exact) mass is 216 g/mol. The van der Waals surface area contributed by atoms with Gasteiger partial charge in [-0.3, -0.25) is 0 Å². The molecule has 60 valence electrons. The Balaban J connectivity index is 3.25. The highest BCUT2D eigenvalue weighted by molar-refractivity contribution is 9.10. The molecule has 2 heteroatoms. The number of halogens is 2. The van der Waals surface area contributed by atoms with Gasteiger partial charge in [-0.1, -0.05) is 22.9 Å². The van der Waals surface area contributed by atoms with Gasteiger partial charge in [0.1, 0.15) is 5.82 Å². The summed E-state index contributed by atoms with van der Waals surface area (Å²) in [6.45, 7) is 3.83. The molecule has 0 amide bonds. The molecule has 0 heterocycles. The summed E-state index contributed by atoms with van der Waals surface area (Å²) in [5, 5.41) is 0. The molecule has 0 aliphatic carbocycles. The second-order valence-electron chi connectivity index (χ2n) is 2.56. The van der Waals surface area contributed by atoms with Crippen LogP contribution in [0, 0.1) is 12.7 Å². The Bertz CT molecular complexity index is 245. The highest BCUT2D eigenvalue weighted by atomic mass is 79.9. The zero-order valence-corrected chi connectivity index (χ0v) is 8.20. The molecule has 0 unspecified atom stereocenters. The number of hydrogen-bond acceptors (Lipinski definition) is 0. The van der Waals surface area contributed by atoms with Gasteiger partial charge in [0.05, 0.1) is 0 Å². The quantitative estimate of drug-likeness (QED) is 0.675. The fourth-order valence-corrected chi connectivity index (χ4v) is 1.90. The van der Waals surface area contributed by atoms with Crippen molar-refractivity contribution in [1.82, 2.24) is 0 Å². The van der Waals surface area contributed by atoms with E-state index in [2.05, 4.69) is 15.9 Å². The summed E-state index contributed by atoms with van der Waals surface area (Å²) in [6, 6.07) is 3.49. The Morgan fingerprint density at radius 1 is 1.45 bits per heavy atom. The average molecular weight is 217 g/mol. The molecule has 1 aromatic rings. The van der Waals surface area contributed by atoms with Gasteiger partial charge < -0.3 is 0 Å². The van der Waals surface area contributed by atoms with Gasteiger partial charge in [0, 0.05) is 10.0 Å². The van der Waals surface area contributed by atoms with Crippen LogP contribution in [0.1, 0.15) is 18.1 Å². The highest BCUT2D eigenvalue weighted by Gasteiger charge is 2.04. The zero-order chi connectivity index (χ0) is 8.43. The Kier molecular flexibility index (Phi) is 2.66. The van der Waals surface area contributed by atoms with Crippen molar-refractivity contribution in [2.75, 3.05) is 0 Å². The molecule has 0 nitrogen and oxygen atoms in total. The summed E-state index contributed by atoms with van der Waals surface area (Å²) in [7, 11) is 0. The number of hydrogen-bond donors (Lipinski definition) is 0. The second-order valence-corrected chi connectivity index (χ2v) is 3.42. The van der Waals surface area contributed by atoms with E-state index in [-0.39, 0.29) is 5.82 Å². The molecule has 0 fully saturated rings. The SMILES string of the molecule is CCc1c(F)cc(C)cc1Br. The number of benzene rings is 1. The van der Waals surface area contributed by atoms with Gasteiger partial charge in [-0.15, -0.1) is 0 Å². The molecule has 0 radical (unpaired) electrons.